The van der Waals surface area contributed by atoms with Crippen LogP contribution in [0.25, 0.3) is 0 Å². The van der Waals surface area contributed by atoms with Crippen molar-refractivity contribution in [2.45, 2.75) is 6.04 Å². The SMILES string of the molecule is COc1ccccc1C(Nc1c(F)c(F)nc(F)c1F)c1nccn1C. The molecule has 0 spiro atoms. The third-order valence-corrected chi connectivity index (χ3v) is 3.85. The maximum Gasteiger partial charge on any atom is 0.253 e. The number of rotatable bonds is 5. The van der Waals surface area contributed by atoms with Crippen molar-refractivity contribution in [3.05, 3.63) is 71.6 Å². The summed E-state index contributed by atoms with van der Waals surface area (Å²) in [7, 11) is 3.11. The third kappa shape index (κ3) is 3.07. The van der Waals surface area contributed by atoms with Crippen LogP contribution in [0.1, 0.15) is 17.4 Å². The number of benzene rings is 1. The summed E-state index contributed by atoms with van der Waals surface area (Å²) < 4.78 is 62.0. The topological polar surface area (TPSA) is 52.0 Å². The molecule has 1 aromatic carbocycles. The van der Waals surface area contributed by atoms with Gasteiger partial charge in [-0.3, -0.25) is 0 Å². The zero-order valence-corrected chi connectivity index (χ0v) is 13.8. The zero-order valence-electron chi connectivity index (χ0n) is 13.8. The minimum Gasteiger partial charge on any atom is -0.496 e. The molecule has 0 fully saturated rings. The molecule has 1 atom stereocenters. The molecule has 136 valence electrons. The fourth-order valence-corrected chi connectivity index (χ4v) is 2.60. The van der Waals surface area contributed by atoms with Gasteiger partial charge in [-0.25, -0.2) is 4.98 Å². The molecular weight excluding hydrogens is 352 g/mol. The molecule has 0 radical (unpaired) electrons. The first kappa shape index (κ1) is 17.7. The van der Waals surface area contributed by atoms with Crippen molar-refractivity contribution in [2.24, 2.45) is 7.05 Å². The van der Waals surface area contributed by atoms with Crippen molar-refractivity contribution in [3.8, 4) is 5.75 Å². The quantitative estimate of drug-likeness (QED) is 0.554. The van der Waals surface area contributed by atoms with Gasteiger partial charge in [-0.1, -0.05) is 18.2 Å². The fourth-order valence-electron chi connectivity index (χ4n) is 2.60. The smallest absolute Gasteiger partial charge is 0.253 e. The normalized spacial score (nSPS) is 12.1. The second-order valence-corrected chi connectivity index (χ2v) is 5.41. The summed E-state index contributed by atoms with van der Waals surface area (Å²) in [6.07, 6.45) is 3.11. The van der Waals surface area contributed by atoms with Gasteiger partial charge in [-0.05, 0) is 6.07 Å². The molecule has 0 aliphatic heterocycles. The standard InChI is InChI=1S/C17H14F4N4O/c1-25-8-7-22-17(25)13(9-5-3-4-6-10(9)26-2)23-14-11(18)15(20)24-16(21)12(14)19/h3-8,13H,1-2H3,(H,23,24). The predicted molar refractivity (Wildman–Crippen MR) is 85.7 cm³/mol. The van der Waals surface area contributed by atoms with Gasteiger partial charge in [-0.2, -0.15) is 22.5 Å². The lowest BCUT2D eigenvalue weighted by Gasteiger charge is -2.22. The van der Waals surface area contributed by atoms with Crippen LogP contribution in [0.4, 0.5) is 23.2 Å². The summed E-state index contributed by atoms with van der Waals surface area (Å²) in [5.41, 5.74) is -0.505. The van der Waals surface area contributed by atoms with Gasteiger partial charge in [0.25, 0.3) is 11.9 Å². The molecule has 0 aliphatic carbocycles. The fraction of sp³-hybridized carbons (Fsp3) is 0.176. The highest BCUT2D eigenvalue weighted by Crippen LogP contribution is 2.34. The Bertz CT molecular complexity index is 918. The van der Waals surface area contributed by atoms with E-state index in [-0.39, 0.29) is 0 Å². The maximum atomic E-state index is 14.1. The van der Waals surface area contributed by atoms with E-state index in [0.717, 1.165) is 0 Å². The number of nitrogens with one attached hydrogen (secondary N) is 1. The summed E-state index contributed by atoms with van der Waals surface area (Å²) in [5, 5.41) is 2.50. The van der Waals surface area contributed by atoms with Gasteiger partial charge in [0.05, 0.1) is 7.11 Å². The minimum atomic E-state index is -1.75. The molecular formula is C17H14F4N4O. The number of para-hydroxylation sites is 1. The lowest BCUT2D eigenvalue weighted by molar-refractivity contribution is 0.404. The van der Waals surface area contributed by atoms with E-state index in [2.05, 4.69) is 15.3 Å². The van der Waals surface area contributed by atoms with Gasteiger partial charge in [0.15, 0.2) is 0 Å². The number of halogens is 4. The summed E-state index contributed by atoms with van der Waals surface area (Å²) in [5.74, 6) is -5.99. The molecule has 2 heterocycles. The van der Waals surface area contributed by atoms with Crippen molar-refractivity contribution in [1.29, 1.82) is 0 Å². The van der Waals surface area contributed by atoms with Crippen molar-refractivity contribution >= 4 is 5.69 Å². The second kappa shape index (κ2) is 7.03. The Hall–Kier alpha value is -3.10. The Balaban J connectivity index is 2.17. The van der Waals surface area contributed by atoms with E-state index in [1.54, 1.807) is 42.1 Å². The van der Waals surface area contributed by atoms with Crippen LogP contribution in [0.5, 0.6) is 5.75 Å². The first-order valence-electron chi connectivity index (χ1n) is 7.50. The second-order valence-electron chi connectivity index (χ2n) is 5.41. The van der Waals surface area contributed by atoms with Crippen molar-refractivity contribution in [2.75, 3.05) is 12.4 Å². The van der Waals surface area contributed by atoms with Gasteiger partial charge < -0.3 is 14.6 Å². The van der Waals surface area contributed by atoms with E-state index in [0.29, 0.717) is 17.1 Å². The van der Waals surface area contributed by atoms with Crippen molar-refractivity contribution in [3.63, 3.8) is 0 Å². The van der Waals surface area contributed by atoms with Crippen LogP contribution < -0.4 is 10.1 Å². The molecule has 0 amide bonds. The predicted octanol–water partition coefficient (Wildman–Crippen LogP) is 3.58. The van der Waals surface area contributed by atoms with Crippen LogP contribution in [-0.4, -0.2) is 21.6 Å². The van der Waals surface area contributed by atoms with E-state index in [9.17, 15) is 17.6 Å². The summed E-state index contributed by atoms with van der Waals surface area (Å²) >= 11 is 0. The average Bonchev–Trinajstić information content (AvgIpc) is 3.06. The van der Waals surface area contributed by atoms with Gasteiger partial charge in [-0.15, -0.1) is 0 Å². The molecule has 1 unspecified atom stereocenters. The molecule has 1 N–H and O–H groups in total. The summed E-state index contributed by atoms with van der Waals surface area (Å²) in [6.45, 7) is 0. The van der Waals surface area contributed by atoms with Crippen LogP contribution in [0.15, 0.2) is 36.7 Å². The molecule has 5 nitrogen and oxygen atoms in total. The highest BCUT2D eigenvalue weighted by molar-refractivity contribution is 5.52. The minimum absolute atomic E-state index is 0.353. The van der Waals surface area contributed by atoms with Crippen molar-refractivity contribution < 1.29 is 22.3 Å². The van der Waals surface area contributed by atoms with Crippen LogP contribution in [0.2, 0.25) is 0 Å². The molecule has 3 aromatic rings. The van der Waals surface area contributed by atoms with Gasteiger partial charge in [0.2, 0.25) is 11.6 Å². The number of hydrogen-bond donors (Lipinski definition) is 1. The number of imidazole rings is 1. The highest BCUT2D eigenvalue weighted by atomic mass is 19.2. The lowest BCUT2D eigenvalue weighted by Crippen LogP contribution is -2.20. The van der Waals surface area contributed by atoms with Crippen LogP contribution in [0, 0.1) is 23.5 Å². The van der Waals surface area contributed by atoms with Crippen LogP contribution in [0.3, 0.4) is 0 Å². The Morgan fingerprint density at radius 1 is 1.08 bits per heavy atom. The molecule has 0 saturated heterocycles. The van der Waals surface area contributed by atoms with E-state index in [1.165, 1.54) is 13.3 Å². The summed E-state index contributed by atoms with van der Waals surface area (Å²) in [6, 6.07) is 5.75. The monoisotopic (exact) mass is 366 g/mol. The van der Waals surface area contributed by atoms with E-state index >= 15 is 0 Å². The molecule has 0 bridgehead atoms. The molecule has 0 aliphatic rings. The summed E-state index contributed by atoms with van der Waals surface area (Å²) in [4.78, 5) is 6.72. The largest absolute Gasteiger partial charge is 0.496 e. The van der Waals surface area contributed by atoms with Gasteiger partial charge in [0.1, 0.15) is 23.3 Å². The van der Waals surface area contributed by atoms with Crippen LogP contribution >= 0.6 is 0 Å². The maximum absolute atomic E-state index is 14.1. The number of nitrogens with zero attached hydrogens (tertiary/aromatic N) is 3. The number of hydrogen-bond acceptors (Lipinski definition) is 4. The Morgan fingerprint density at radius 3 is 2.31 bits per heavy atom. The molecule has 9 heteroatoms. The Morgan fingerprint density at radius 2 is 1.73 bits per heavy atom. The van der Waals surface area contributed by atoms with E-state index < -0.39 is 35.3 Å². The molecule has 0 saturated carbocycles. The zero-order chi connectivity index (χ0) is 18.8. The number of anilines is 1. The number of aromatic nitrogens is 3. The van der Waals surface area contributed by atoms with Crippen molar-refractivity contribution in [1.82, 2.24) is 14.5 Å². The van der Waals surface area contributed by atoms with Gasteiger partial charge >= 0.3 is 0 Å². The van der Waals surface area contributed by atoms with Crippen LogP contribution in [-0.2, 0) is 7.05 Å². The van der Waals surface area contributed by atoms with Gasteiger partial charge in [0, 0.05) is 25.0 Å². The Kier molecular flexibility index (Phi) is 4.79. The third-order valence-electron chi connectivity index (χ3n) is 3.85. The molecule has 2 aromatic heterocycles. The van der Waals surface area contributed by atoms with E-state index in [4.69, 9.17) is 4.74 Å². The number of aryl methyl sites for hydroxylation is 1. The molecule has 26 heavy (non-hydrogen) atoms. The number of pyridine rings is 1. The van der Waals surface area contributed by atoms with E-state index in [1.807, 2.05) is 0 Å². The first-order chi connectivity index (χ1) is 12.4. The molecule has 3 rings (SSSR count). The number of ether oxygens (including phenoxy) is 1. The number of methoxy groups -OCH3 is 1. The lowest BCUT2D eigenvalue weighted by atomic mass is 10.0. The first-order valence-corrected chi connectivity index (χ1v) is 7.50. The highest BCUT2D eigenvalue weighted by Gasteiger charge is 2.27. The Labute approximate surface area is 146 Å². The average molecular weight is 366 g/mol.